The van der Waals surface area contributed by atoms with Crippen molar-refractivity contribution >= 4 is 29.1 Å². The van der Waals surface area contributed by atoms with Crippen LogP contribution >= 0.6 is 11.6 Å². The minimum Gasteiger partial charge on any atom is -0.355 e. The number of anilines is 1. The van der Waals surface area contributed by atoms with Crippen LogP contribution in [0.1, 0.15) is 38.7 Å². The van der Waals surface area contributed by atoms with Crippen LogP contribution in [0.2, 0.25) is 5.02 Å². The summed E-state index contributed by atoms with van der Waals surface area (Å²) in [6.07, 6.45) is 2.14. The molecule has 0 spiro atoms. The van der Waals surface area contributed by atoms with Gasteiger partial charge in [0.15, 0.2) is 0 Å². The Balaban J connectivity index is 1.97. The maximum atomic E-state index is 12.5. The molecule has 1 aromatic carbocycles. The third-order valence-electron chi connectivity index (χ3n) is 4.06. The number of amides is 2. The topological polar surface area (TPSA) is 58.2 Å². The molecule has 0 aromatic heterocycles. The zero-order valence-corrected chi connectivity index (χ0v) is 14.1. The fraction of sp³-hybridized carbons (Fsp3) is 0.529. The van der Waals surface area contributed by atoms with Crippen molar-refractivity contribution in [3.05, 3.63) is 28.8 Å². The standard InChI is InChI=1S/C17H23ClN2O2/c1-11(2)6-9-19-15(21)17(7-8-17)16(22)20-14-5-4-13(18)10-12(14)3/h4-5,10-11H,6-9H2,1-3H3,(H,19,21)(H,20,22). The highest BCUT2D eigenvalue weighted by Crippen LogP contribution is 2.47. The number of carbonyl (C=O) groups is 2. The Bertz CT molecular complexity index is 580. The lowest BCUT2D eigenvalue weighted by Crippen LogP contribution is -2.40. The second kappa shape index (κ2) is 6.69. The van der Waals surface area contributed by atoms with E-state index in [4.69, 9.17) is 11.6 Å². The van der Waals surface area contributed by atoms with Crippen LogP contribution in [0.4, 0.5) is 5.69 Å². The minimum atomic E-state index is -0.886. The number of hydrogen-bond acceptors (Lipinski definition) is 2. The maximum absolute atomic E-state index is 12.5. The zero-order valence-electron chi connectivity index (χ0n) is 13.3. The summed E-state index contributed by atoms with van der Waals surface area (Å²) >= 11 is 5.91. The number of carbonyl (C=O) groups excluding carboxylic acids is 2. The van der Waals surface area contributed by atoms with Crippen molar-refractivity contribution in [2.24, 2.45) is 11.3 Å². The number of aryl methyl sites for hydroxylation is 1. The second-order valence-electron chi connectivity index (χ2n) is 6.43. The minimum absolute atomic E-state index is 0.155. The van der Waals surface area contributed by atoms with Crippen molar-refractivity contribution in [2.75, 3.05) is 11.9 Å². The normalized spacial score (nSPS) is 15.5. The summed E-state index contributed by atoms with van der Waals surface area (Å²) in [5.74, 6) is 0.151. The molecule has 0 radical (unpaired) electrons. The summed E-state index contributed by atoms with van der Waals surface area (Å²) in [5, 5.41) is 6.38. The van der Waals surface area contributed by atoms with Gasteiger partial charge in [-0.1, -0.05) is 25.4 Å². The number of benzene rings is 1. The second-order valence-corrected chi connectivity index (χ2v) is 6.87. The molecule has 0 saturated heterocycles. The van der Waals surface area contributed by atoms with Gasteiger partial charge in [0.2, 0.25) is 11.8 Å². The molecule has 0 atom stereocenters. The van der Waals surface area contributed by atoms with E-state index in [2.05, 4.69) is 24.5 Å². The van der Waals surface area contributed by atoms with Gasteiger partial charge < -0.3 is 10.6 Å². The molecular formula is C17H23ClN2O2. The monoisotopic (exact) mass is 322 g/mol. The van der Waals surface area contributed by atoms with Crippen molar-refractivity contribution in [3.8, 4) is 0 Å². The van der Waals surface area contributed by atoms with E-state index in [0.717, 1.165) is 12.0 Å². The van der Waals surface area contributed by atoms with Gasteiger partial charge in [-0.2, -0.15) is 0 Å². The Morgan fingerprint density at radius 3 is 2.50 bits per heavy atom. The van der Waals surface area contributed by atoms with Gasteiger partial charge in [-0.15, -0.1) is 0 Å². The van der Waals surface area contributed by atoms with Crippen LogP contribution in [-0.4, -0.2) is 18.4 Å². The Morgan fingerprint density at radius 1 is 1.27 bits per heavy atom. The molecule has 0 aliphatic heterocycles. The Labute approximate surface area is 136 Å². The third-order valence-corrected chi connectivity index (χ3v) is 4.30. The summed E-state index contributed by atoms with van der Waals surface area (Å²) in [4.78, 5) is 24.8. The molecule has 0 bridgehead atoms. The fourth-order valence-electron chi connectivity index (χ4n) is 2.34. The van der Waals surface area contributed by atoms with Gasteiger partial charge in [0, 0.05) is 17.3 Å². The summed E-state index contributed by atoms with van der Waals surface area (Å²) < 4.78 is 0. The van der Waals surface area contributed by atoms with Crippen molar-refractivity contribution in [1.82, 2.24) is 5.32 Å². The van der Waals surface area contributed by atoms with Crippen LogP contribution in [-0.2, 0) is 9.59 Å². The molecule has 4 nitrogen and oxygen atoms in total. The van der Waals surface area contributed by atoms with Gasteiger partial charge in [-0.05, 0) is 55.9 Å². The van der Waals surface area contributed by atoms with Crippen molar-refractivity contribution in [1.29, 1.82) is 0 Å². The van der Waals surface area contributed by atoms with Gasteiger partial charge in [0.1, 0.15) is 5.41 Å². The highest BCUT2D eigenvalue weighted by molar-refractivity contribution is 6.30. The first-order valence-electron chi connectivity index (χ1n) is 7.71. The van der Waals surface area contributed by atoms with E-state index in [9.17, 15) is 9.59 Å². The Hall–Kier alpha value is -1.55. The molecule has 1 aliphatic carbocycles. The molecule has 22 heavy (non-hydrogen) atoms. The van der Waals surface area contributed by atoms with E-state index in [1.54, 1.807) is 18.2 Å². The quantitative estimate of drug-likeness (QED) is 0.787. The van der Waals surface area contributed by atoms with E-state index >= 15 is 0 Å². The Kier molecular flexibility index (Phi) is 5.12. The summed E-state index contributed by atoms with van der Waals surface area (Å²) in [5.41, 5.74) is 0.704. The van der Waals surface area contributed by atoms with E-state index in [0.29, 0.717) is 36.0 Å². The highest BCUT2D eigenvalue weighted by atomic mass is 35.5. The average molecular weight is 323 g/mol. The number of nitrogens with one attached hydrogen (secondary N) is 2. The lowest BCUT2D eigenvalue weighted by molar-refractivity contribution is -0.134. The molecule has 0 unspecified atom stereocenters. The highest BCUT2D eigenvalue weighted by Gasteiger charge is 2.56. The van der Waals surface area contributed by atoms with Gasteiger partial charge in [-0.25, -0.2) is 0 Å². The van der Waals surface area contributed by atoms with Crippen LogP contribution < -0.4 is 10.6 Å². The van der Waals surface area contributed by atoms with Crippen molar-refractivity contribution in [2.45, 2.75) is 40.0 Å². The van der Waals surface area contributed by atoms with E-state index in [1.807, 2.05) is 6.92 Å². The summed E-state index contributed by atoms with van der Waals surface area (Å²) in [6.45, 7) is 6.71. The van der Waals surface area contributed by atoms with Crippen molar-refractivity contribution < 1.29 is 9.59 Å². The fourth-order valence-corrected chi connectivity index (χ4v) is 2.56. The lowest BCUT2D eigenvalue weighted by atomic mass is 10.0. The van der Waals surface area contributed by atoms with Crippen molar-refractivity contribution in [3.63, 3.8) is 0 Å². The van der Waals surface area contributed by atoms with Crippen LogP contribution in [0.3, 0.4) is 0 Å². The van der Waals surface area contributed by atoms with Crippen LogP contribution in [0.25, 0.3) is 0 Å². The smallest absolute Gasteiger partial charge is 0.240 e. The number of hydrogen-bond donors (Lipinski definition) is 2. The third kappa shape index (κ3) is 3.80. The molecule has 2 rings (SSSR count). The predicted molar refractivity (Wildman–Crippen MR) is 89.0 cm³/mol. The molecule has 1 saturated carbocycles. The first-order valence-corrected chi connectivity index (χ1v) is 8.09. The molecule has 1 aliphatic rings. The zero-order chi connectivity index (χ0) is 16.3. The first-order chi connectivity index (χ1) is 10.3. The number of halogens is 1. The van der Waals surface area contributed by atoms with Gasteiger partial charge >= 0.3 is 0 Å². The Morgan fingerprint density at radius 2 is 1.95 bits per heavy atom. The van der Waals surface area contributed by atoms with Gasteiger partial charge in [0.05, 0.1) is 0 Å². The SMILES string of the molecule is Cc1cc(Cl)ccc1NC(=O)C1(C(=O)NCCC(C)C)CC1. The van der Waals surface area contributed by atoms with E-state index in [-0.39, 0.29) is 11.8 Å². The summed E-state index contributed by atoms with van der Waals surface area (Å²) in [6, 6.07) is 5.29. The predicted octanol–water partition coefficient (Wildman–Crippen LogP) is 3.53. The molecule has 0 heterocycles. The molecule has 120 valence electrons. The van der Waals surface area contributed by atoms with Crippen LogP contribution in [0.15, 0.2) is 18.2 Å². The molecular weight excluding hydrogens is 300 g/mol. The molecule has 1 aromatic rings. The maximum Gasteiger partial charge on any atom is 0.240 e. The molecule has 2 amide bonds. The lowest BCUT2D eigenvalue weighted by Gasteiger charge is -2.17. The van der Waals surface area contributed by atoms with Gasteiger partial charge in [0.25, 0.3) is 0 Å². The molecule has 1 fully saturated rings. The largest absolute Gasteiger partial charge is 0.355 e. The summed E-state index contributed by atoms with van der Waals surface area (Å²) in [7, 11) is 0. The van der Waals surface area contributed by atoms with Gasteiger partial charge in [-0.3, -0.25) is 9.59 Å². The first kappa shape index (κ1) is 16.8. The van der Waals surface area contributed by atoms with Crippen LogP contribution in [0, 0.1) is 18.3 Å². The van der Waals surface area contributed by atoms with E-state index < -0.39 is 5.41 Å². The van der Waals surface area contributed by atoms with E-state index in [1.165, 1.54) is 0 Å². The average Bonchev–Trinajstić information content (AvgIpc) is 3.23. The number of rotatable bonds is 6. The molecule has 2 N–H and O–H groups in total. The molecule has 5 heteroatoms. The van der Waals surface area contributed by atoms with Crippen LogP contribution in [0.5, 0.6) is 0 Å².